The lowest BCUT2D eigenvalue weighted by molar-refractivity contribution is -0.140. The monoisotopic (exact) mass is 538 g/mol. The molecule has 0 radical (unpaired) electrons. The van der Waals surface area contributed by atoms with Gasteiger partial charge in [-0.2, -0.15) is 18.3 Å². The van der Waals surface area contributed by atoms with Crippen molar-refractivity contribution in [2.45, 2.75) is 38.3 Å². The van der Waals surface area contributed by atoms with E-state index in [9.17, 15) is 31.5 Å². The van der Waals surface area contributed by atoms with Crippen LogP contribution >= 0.6 is 0 Å². The minimum atomic E-state index is -5.01. The summed E-state index contributed by atoms with van der Waals surface area (Å²) in [6.45, 7) is 0.771. The predicted octanol–water partition coefficient (Wildman–Crippen LogP) is 3.30. The van der Waals surface area contributed by atoms with Crippen LogP contribution in [0.15, 0.2) is 46.6 Å². The molecule has 2 atom stereocenters. The van der Waals surface area contributed by atoms with Crippen LogP contribution in [0.5, 0.6) is 11.5 Å². The summed E-state index contributed by atoms with van der Waals surface area (Å²) in [4.78, 5) is 36.5. The van der Waals surface area contributed by atoms with Crippen LogP contribution in [-0.4, -0.2) is 49.1 Å². The van der Waals surface area contributed by atoms with E-state index in [2.05, 4.69) is 20.1 Å². The number of fused-ring (bicyclic) bond motifs is 1. The Hall–Kier alpha value is -4.43. The third-order valence-electron chi connectivity index (χ3n) is 5.43. The summed E-state index contributed by atoms with van der Waals surface area (Å²) in [5.41, 5.74) is -3.71. The molecule has 38 heavy (non-hydrogen) atoms. The molecule has 0 amide bonds. The van der Waals surface area contributed by atoms with Crippen molar-refractivity contribution in [3.63, 3.8) is 0 Å². The number of ether oxygens (including phenoxy) is 2. The van der Waals surface area contributed by atoms with Crippen LogP contribution in [0.1, 0.15) is 18.9 Å². The maximum absolute atomic E-state index is 14.8. The summed E-state index contributed by atoms with van der Waals surface area (Å²) in [5.74, 6) is -1.24. The average molecular weight is 538 g/mol. The van der Waals surface area contributed by atoms with Crippen LogP contribution < -0.4 is 20.6 Å². The topological polar surface area (TPSA) is 125 Å². The minimum absolute atomic E-state index is 0.00777. The number of aromatic amines is 1. The molecule has 3 heterocycles. The number of rotatable bonds is 8. The number of hydrogen-bond acceptors (Lipinski definition) is 8. The van der Waals surface area contributed by atoms with E-state index in [1.807, 2.05) is 0 Å². The first-order valence-corrected chi connectivity index (χ1v) is 11.0. The zero-order chi connectivity index (χ0) is 27.6. The Morgan fingerprint density at radius 2 is 1.82 bits per heavy atom. The third kappa shape index (κ3) is 5.60. The lowest BCUT2D eigenvalue weighted by atomic mass is 10.1. The molecule has 0 bridgehead atoms. The zero-order valence-corrected chi connectivity index (χ0v) is 19.8. The molecule has 4 aromatic rings. The Kier molecular flexibility index (Phi) is 7.37. The Morgan fingerprint density at radius 3 is 2.47 bits per heavy atom. The second kappa shape index (κ2) is 10.5. The summed E-state index contributed by atoms with van der Waals surface area (Å²) < 4.78 is 80.1. The van der Waals surface area contributed by atoms with Crippen LogP contribution in [0, 0.1) is 5.82 Å². The van der Waals surface area contributed by atoms with Gasteiger partial charge in [-0.15, -0.1) is 0 Å². The molecule has 1 aromatic carbocycles. The summed E-state index contributed by atoms with van der Waals surface area (Å²) in [5, 5.41) is 4.84. The number of methoxy groups -OCH3 is 1. The molecule has 10 nitrogen and oxygen atoms in total. The fraction of sp³-hybridized carbons (Fsp3) is 0.304. The van der Waals surface area contributed by atoms with E-state index in [4.69, 9.17) is 9.47 Å². The highest BCUT2D eigenvalue weighted by atomic mass is 19.4. The van der Waals surface area contributed by atoms with Gasteiger partial charge in [0.25, 0.3) is 11.1 Å². The van der Waals surface area contributed by atoms with Gasteiger partial charge in [0.1, 0.15) is 12.0 Å². The molecule has 4 rings (SSSR count). The Morgan fingerprint density at radius 1 is 1.11 bits per heavy atom. The van der Waals surface area contributed by atoms with E-state index in [1.54, 1.807) is 5.10 Å². The van der Waals surface area contributed by atoms with Crippen molar-refractivity contribution < 1.29 is 31.4 Å². The van der Waals surface area contributed by atoms with Crippen LogP contribution in [-0.2, 0) is 12.7 Å². The Balaban J connectivity index is 1.51. The highest BCUT2D eigenvalue weighted by Crippen LogP contribution is 2.33. The number of halogens is 5. The van der Waals surface area contributed by atoms with E-state index in [0.717, 1.165) is 17.0 Å². The number of nitrogens with zero attached hydrogens (tertiary/aromatic N) is 5. The fourth-order valence-corrected chi connectivity index (χ4v) is 3.69. The first-order valence-electron chi connectivity index (χ1n) is 11.0. The van der Waals surface area contributed by atoms with Gasteiger partial charge in [-0.3, -0.25) is 14.2 Å². The molecule has 2 unspecified atom stereocenters. The van der Waals surface area contributed by atoms with Gasteiger partial charge in [-0.05, 0) is 19.1 Å². The Bertz CT molecular complexity index is 1570. The van der Waals surface area contributed by atoms with Gasteiger partial charge in [0.2, 0.25) is 0 Å². The van der Waals surface area contributed by atoms with Crippen molar-refractivity contribution >= 4 is 10.9 Å². The van der Waals surface area contributed by atoms with Crippen LogP contribution in [0.3, 0.4) is 0 Å². The number of alkyl halides is 4. The second-order valence-electron chi connectivity index (χ2n) is 8.20. The standard InChI is InChI=1S/C23H19F5N6O4/c1-11(38-18-8-32-33-21(35)19(18)23(26,27)28)3-12(24)9-34-10-31-17-5-14(16(25)4-15(17)22(34)36)20-29-6-13(37-2)7-30-20/h4-8,10-12H,3,9H2,1-2H3,(H,33,35). The van der Waals surface area contributed by atoms with E-state index >= 15 is 0 Å². The largest absolute Gasteiger partial charge is 0.494 e. The first-order chi connectivity index (χ1) is 18.0. The van der Waals surface area contributed by atoms with E-state index in [-0.39, 0.29) is 22.3 Å². The van der Waals surface area contributed by atoms with Crippen molar-refractivity contribution in [3.8, 4) is 22.9 Å². The van der Waals surface area contributed by atoms with Crippen LogP contribution in [0.2, 0.25) is 0 Å². The molecular formula is C23H19F5N6O4. The van der Waals surface area contributed by atoms with Gasteiger partial charge in [-0.1, -0.05) is 0 Å². The number of nitrogens with one attached hydrogen (secondary N) is 1. The molecule has 1 N–H and O–H groups in total. The molecule has 0 spiro atoms. The fourth-order valence-electron chi connectivity index (χ4n) is 3.69. The Labute approximate surface area is 210 Å². The summed E-state index contributed by atoms with van der Waals surface area (Å²) in [6, 6.07) is 2.23. The summed E-state index contributed by atoms with van der Waals surface area (Å²) in [7, 11) is 1.42. The number of H-pyrrole nitrogens is 1. The number of benzene rings is 1. The lowest BCUT2D eigenvalue weighted by Gasteiger charge is -2.19. The van der Waals surface area contributed by atoms with E-state index < -0.39 is 59.7 Å². The third-order valence-corrected chi connectivity index (χ3v) is 5.43. The molecule has 0 aliphatic rings. The summed E-state index contributed by atoms with van der Waals surface area (Å²) in [6.07, 6.45) is -3.89. The van der Waals surface area contributed by atoms with Crippen molar-refractivity contribution in [2.75, 3.05) is 7.11 Å². The molecule has 0 fully saturated rings. The van der Waals surface area contributed by atoms with Crippen molar-refractivity contribution in [1.29, 1.82) is 0 Å². The smallest absolute Gasteiger partial charge is 0.425 e. The number of hydrogen-bond donors (Lipinski definition) is 1. The average Bonchev–Trinajstić information content (AvgIpc) is 2.85. The molecule has 0 saturated heterocycles. The number of aromatic nitrogens is 6. The van der Waals surface area contributed by atoms with Gasteiger partial charge in [0.15, 0.2) is 22.9 Å². The molecule has 0 saturated carbocycles. The molecule has 0 aliphatic heterocycles. The van der Waals surface area contributed by atoms with Gasteiger partial charge in [0.05, 0.1) is 61.1 Å². The molecule has 15 heteroatoms. The molecule has 200 valence electrons. The van der Waals surface area contributed by atoms with Gasteiger partial charge >= 0.3 is 6.18 Å². The quantitative estimate of drug-likeness (QED) is 0.339. The van der Waals surface area contributed by atoms with Crippen molar-refractivity contribution in [1.82, 2.24) is 29.7 Å². The predicted molar refractivity (Wildman–Crippen MR) is 123 cm³/mol. The highest BCUT2D eigenvalue weighted by molar-refractivity contribution is 5.82. The van der Waals surface area contributed by atoms with Gasteiger partial charge in [-0.25, -0.2) is 28.8 Å². The minimum Gasteiger partial charge on any atom is -0.494 e. The maximum Gasteiger partial charge on any atom is 0.425 e. The SMILES string of the molecule is COc1cnc(-c2cc3ncn(CC(F)CC(C)Oc4cn[nH]c(=O)c4C(F)(F)F)c(=O)c3cc2F)nc1. The van der Waals surface area contributed by atoms with E-state index in [0.29, 0.717) is 11.9 Å². The van der Waals surface area contributed by atoms with Gasteiger partial charge in [0, 0.05) is 6.42 Å². The molecular weight excluding hydrogens is 519 g/mol. The van der Waals surface area contributed by atoms with Gasteiger partial charge < -0.3 is 9.47 Å². The second-order valence-corrected chi connectivity index (χ2v) is 8.20. The first kappa shape index (κ1) is 26.6. The lowest BCUT2D eigenvalue weighted by Crippen LogP contribution is -2.29. The van der Waals surface area contributed by atoms with Crippen molar-refractivity contribution in [3.05, 3.63) is 69.1 Å². The van der Waals surface area contributed by atoms with Crippen LogP contribution in [0.4, 0.5) is 22.0 Å². The zero-order valence-electron chi connectivity index (χ0n) is 19.8. The normalized spacial score (nSPS) is 13.3. The van der Waals surface area contributed by atoms with Crippen LogP contribution in [0.25, 0.3) is 22.3 Å². The molecule has 0 aliphatic carbocycles. The van der Waals surface area contributed by atoms with Crippen molar-refractivity contribution in [2.24, 2.45) is 0 Å². The maximum atomic E-state index is 14.8. The highest BCUT2D eigenvalue weighted by Gasteiger charge is 2.38. The van der Waals surface area contributed by atoms with E-state index in [1.165, 1.54) is 32.5 Å². The summed E-state index contributed by atoms with van der Waals surface area (Å²) >= 11 is 0. The molecule has 3 aromatic heterocycles.